The first kappa shape index (κ1) is 20.1. The Morgan fingerprint density at radius 2 is 1.94 bits per heavy atom. The maximum Gasteiger partial charge on any atom is 0.411 e. The quantitative estimate of drug-likeness (QED) is 0.638. The Bertz CT molecular complexity index is 1070. The minimum atomic E-state index is -0.374. The SMILES string of the molecule is CC(c1ccccc1)N1CC2(CCN(CCc3c[nH]c4ccc(F)cc34)CC2)OC1=O. The van der Waals surface area contributed by atoms with Crippen molar-refractivity contribution in [1.82, 2.24) is 14.8 Å². The fraction of sp³-hybridized carbons (Fsp3) is 0.400. The number of fused-ring (bicyclic) bond motifs is 1. The lowest BCUT2D eigenvalue weighted by Gasteiger charge is -2.37. The van der Waals surface area contributed by atoms with E-state index in [2.05, 4.69) is 28.9 Å². The van der Waals surface area contributed by atoms with Crippen molar-refractivity contribution in [3.8, 4) is 0 Å². The first-order chi connectivity index (χ1) is 15.0. The lowest BCUT2D eigenvalue weighted by Crippen LogP contribution is -2.47. The Hall–Kier alpha value is -2.86. The molecule has 2 aliphatic rings. The highest BCUT2D eigenvalue weighted by atomic mass is 19.1. The zero-order valence-corrected chi connectivity index (χ0v) is 17.8. The largest absolute Gasteiger partial charge is 0.441 e. The maximum atomic E-state index is 13.6. The third-order valence-electron chi connectivity index (χ3n) is 6.94. The highest BCUT2D eigenvalue weighted by molar-refractivity contribution is 5.83. The van der Waals surface area contributed by atoms with E-state index in [0.29, 0.717) is 6.54 Å². The summed E-state index contributed by atoms with van der Waals surface area (Å²) < 4.78 is 19.5. The van der Waals surface area contributed by atoms with E-state index in [9.17, 15) is 9.18 Å². The second kappa shape index (κ2) is 8.00. The molecule has 0 saturated carbocycles. The Kier molecular flexibility index (Phi) is 5.18. The van der Waals surface area contributed by atoms with Crippen LogP contribution in [0.15, 0.2) is 54.7 Å². The summed E-state index contributed by atoms with van der Waals surface area (Å²) in [6, 6.07) is 15.0. The van der Waals surface area contributed by atoms with Gasteiger partial charge in [-0.15, -0.1) is 0 Å². The van der Waals surface area contributed by atoms with E-state index >= 15 is 0 Å². The van der Waals surface area contributed by atoms with Crippen molar-refractivity contribution < 1.29 is 13.9 Å². The van der Waals surface area contributed by atoms with E-state index in [1.165, 1.54) is 6.07 Å². The standard InChI is InChI=1S/C25H28FN3O2/c1-18(19-5-3-2-4-6-19)29-17-25(31-24(29)30)10-13-28(14-11-25)12-9-20-16-27-23-8-7-21(26)15-22(20)23/h2-8,15-16,18,27H,9-14,17H2,1H3. The summed E-state index contributed by atoms with van der Waals surface area (Å²) in [5.74, 6) is -0.203. The van der Waals surface area contributed by atoms with Crippen LogP contribution in [0.1, 0.15) is 36.9 Å². The van der Waals surface area contributed by atoms with Gasteiger partial charge in [0.05, 0.1) is 12.6 Å². The fourth-order valence-corrected chi connectivity index (χ4v) is 4.94. The number of hydrogen-bond acceptors (Lipinski definition) is 3. The molecule has 31 heavy (non-hydrogen) atoms. The molecule has 3 heterocycles. The number of H-pyrrole nitrogens is 1. The molecule has 1 atom stereocenters. The van der Waals surface area contributed by atoms with E-state index in [1.807, 2.05) is 29.3 Å². The molecule has 1 unspecified atom stereocenters. The van der Waals surface area contributed by atoms with E-state index < -0.39 is 0 Å². The van der Waals surface area contributed by atoms with Crippen molar-refractivity contribution in [1.29, 1.82) is 0 Å². The van der Waals surface area contributed by atoms with Crippen LogP contribution in [0.25, 0.3) is 10.9 Å². The predicted molar refractivity (Wildman–Crippen MR) is 118 cm³/mol. The minimum absolute atomic E-state index is 0.00775. The van der Waals surface area contributed by atoms with Gasteiger partial charge in [-0.2, -0.15) is 0 Å². The molecule has 5 nitrogen and oxygen atoms in total. The van der Waals surface area contributed by atoms with E-state index in [4.69, 9.17) is 4.74 Å². The van der Waals surface area contributed by atoms with Crippen LogP contribution in [0.2, 0.25) is 0 Å². The molecule has 2 saturated heterocycles. The average molecular weight is 422 g/mol. The number of aromatic nitrogens is 1. The lowest BCUT2D eigenvalue weighted by atomic mass is 9.90. The average Bonchev–Trinajstić information content (AvgIpc) is 3.34. The van der Waals surface area contributed by atoms with Crippen molar-refractivity contribution in [3.63, 3.8) is 0 Å². The van der Waals surface area contributed by atoms with Gasteiger partial charge in [0.25, 0.3) is 0 Å². The van der Waals surface area contributed by atoms with Gasteiger partial charge in [0.1, 0.15) is 11.4 Å². The maximum absolute atomic E-state index is 13.6. The molecule has 0 bridgehead atoms. The number of nitrogens with zero attached hydrogens (tertiary/aromatic N) is 2. The van der Waals surface area contributed by atoms with Crippen LogP contribution in [-0.4, -0.2) is 52.7 Å². The van der Waals surface area contributed by atoms with Crippen LogP contribution < -0.4 is 0 Å². The van der Waals surface area contributed by atoms with Crippen LogP contribution in [0.4, 0.5) is 9.18 Å². The molecule has 2 fully saturated rings. The molecule has 1 N–H and O–H groups in total. The van der Waals surface area contributed by atoms with Crippen molar-refractivity contribution in [3.05, 3.63) is 71.7 Å². The van der Waals surface area contributed by atoms with Gasteiger partial charge in [-0.05, 0) is 42.7 Å². The van der Waals surface area contributed by atoms with Crippen LogP contribution >= 0.6 is 0 Å². The molecule has 1 amide bonds. The molecule has 162 valence electrons. The van der Waals surface area contributed by atoms with Crippen molar-refractivity contribution >= 4 is 17.0 Å². The number of nitrogens with one attached hydrogen (secondary N) is 1. The van der Waals surface area contributed by atoms with Gasteiger partial charge in [-0.1, -0.05) is 30.3 Å². The smallest absolute Gasteiger partial charge is 0.411 e. The summed E-state index contributed by atoms with van der Waals surface area (Å²) in [4.78, 5) is 20.1. The van der Waals surface area contributed by atoms with Crippen molar-refractivity contribution in [2.45, 2.75) is 37.8 Å². The molecule has 5 rings (SSSR count). The second-order valence-electron chi connectivity index (χ2n) is 8.86. The van der Waals surface area contributed by atoms with Crippen LogP contribution in [0.5, 0.6) is 0 Å². The first-order valence-corrected chi connectivity index (χ1v) is 11.1. The predicted octanol–water partition coefficient (Wildman–Crippen LogP) is 4.90. The number of piperidine rings is 1. The number of aromatic amines is 1. The highest BCUT2D eigenvalue weighted by Gasteiger charge is 2.48. The molecule has 2 aromatic carbocycles. The summed E-state index contributed by atoms with van der Waals surface area (Å²) in [5.41, 5.74) is 2.87. The van der Waals surface area contributed by atoms with Crippen LogP contribution in [0, 0.1) is 5.82 Å². The number of carbonyl (C=O) groups excluding carboxylic acids is 1. The van der Waals surface area contributed by atoms with Crippen molar-refractivity contribution in [2.24, 2.45) is 0 Å². The number of likely N-dealkylation sites (tertiary alicyclic amines) is 1. The third kappa shape index (κ3) is 3.92. The molecule has 3 aromatic rings. The van der Waals surface area contributed by atoms with Crippen LogP contribution in [0.3, 0.4) is 0 Å². The number of hydrogen-bond donors (Lipinski definition) is 1. The Balaban J connectivity index is 1.18. The summed E-state index contributed by atoms with van der Waals surface area (Å²) in [6.45, 7) is 5.43. The number of ether oxygens (including phenoxy) is 1. The van der Waals surface area contributed by atoms with Gasteiger partial charge in [0.2, 0.25) is 0 Å². The molecule has 6 heteroatoms. The number of benzene rings is 2. The monoisotopic (exact) mass is 421 g/mol. The molecule has 1 spiro atoms. The van der Waals surface area contributed by atoms with Gasteiger partial charge in [-0.25, -0.2) is 9.18 Å². The first-order valence-electron chi connectivity index (χ1n) is 11.1. The molecule has 1 aromatic heterocycles. The Morgan fingerprint density at radius 3 is 2.71 bits per heavy atom. The van der Waals surface area contributed by atoms with Gasteiger partial charge in [-0.3, -0.25) is 4.90 Å². The Labute approximate surface area is 181 Å². The number of carbonyl (C=O) groups is 1. The molecule has 0 aliphatic carbocycles. The molecule has 2 aliphatic heterocycles. The summed E-state index contributed by atoms with van der Waals surface area (Å²) in [5, 5.41) is 0.962. The van der Waals surface area contributed by atoms with E-state index in [-0.39, 0.29) is 23.6 Å². The van der Waals surface area contributed by atoms with Crippen LogP contribution in [-0.2, 0) is 11.2 Å². The number of rotatable bonds is 5. The number of halogens is 1. The molecular formula is C25H28FN3O2. The lowest BCUT2D eigenvalue weighted by molar-refractivity contribution is 0.000964. The highest BCUT2D eigenvalue weighted by Crippen LogP contribution is 2.37. The molecular weight excluding hydrogens is 393 g/mol. The van der Waals surface area contributed by atoms with Gasteiger partial charge < -0.3 is 14.6 Å². The number of amides is 1. The normalized spacial score (nSPS) is 19.8. The zero-order chi connectivity index (χ0) is 21.4. The topological polar surface area (TPSA) is 48.6 Å². The molecule has 0 radical (unpaired) electrons. The van der Waals surface area contributed by atoms with Crippen molar-refractivity contribution in [2.75, 3.05) is 26.2 Å². The summed E-state index contributed by atoms with van der Waals surface area (Å²) in [6.07, 6.45) is 4.34. The summed E-state index contributed by atoms with van der Waals surface area (Å²) >= 11 is 0. The fourth-order valence-electron chi connectivity index (χ4n) is 4.94. The zero-order valence-electron chi connectivity index (χ0n) is 17.8. The van der Waals surface area contributed by atoms with Gasteiger partial charge >= 0.3 is 6.09 Å². The van der Waals surface area contributed by atoms with Gasteiger partial charge in [0.15, 0.2) is 0 Å². The van der Waals surface area contributed by atoms with Gasteiger partial charge in [0, 0.05) is 49.6 Å². The summed E-state index contributed by atoms with van der Waals surface area (Å²) in [7, 11) is 0. The Morgan fingerprint density at radius 1 is 1.16 bits per heavy atom. The minimum Gasteiger partial charge on any atom is -0.441 e. The third-order valence-corrected chi connectivity index (χ3v) is 6.94. The van der Waals surface area contributed by atoms with E-state index in [1.54, 1.807) is 12.1 Å². The van der Waals surface area contributed by atoms with E-state index in [0.717, 1.165) is 60.9 Å². The second-order valence-corrected chi connectivity index (χ2v) is 8.86.